The number of nitro groups is 1. The Balaban J connectivity index is 2.18. The molecule has 0 aliphatic carbocycles. The molecule has 0 aliphatic rings. The monoisotopic (exact) mass is 332 g/mol. The number of aliphatic hydroxyl groups is 1. The molecule has 0 saturated carbocycles. The summed E-state index contributed by atoms with van der Waals surface area (Å²) in [7, 11) is 0. The lowest BCUT2D eigenvalue weighted by molar-refractivity contribution is -0.384. The van der Waals surface area contributed by atoms with Gasteiger partial charge in [-0.05, 0) is 24.3 Å². The first-order chi connectivity index (χ1) is 11.5. The molecule has 3 rings (SSSR count). The van der Waals surface area contributed by atoms with Crippen LogP contribution in [0.2, 0.25) is 0 Å². The molecule has 0 amide bonds. The molecule has 0 radical (unpaired) electrons. The first-order valence-corrected chi connectivity index (χ1v) is 6.81. The van der Waals surface area contributed by atoms with E-state index in [0.29, 0.717) is 0 Å². The largest absolute Gasteiger partial charge is 0.391 e. The molecule has 3 aromatic rings. The summed E-state index contributed by atoms with van der Waals surface area (Å²) in [6, 6.07) is 8.91. The van der Waals surface area contributed by atoms with Crippen molar-refractivity contribution in [3.63, 3.8) is 0 Å². The van der Waals surface area contributed by atoms with E-state index in [1.807, 2.05) is 0 Å². The average Bonchev–Trinajstić information content (AvgIpc) is 3.01. The number of halogens is 2. The first kappa shape index (κ1) is 15.8. The van der Waals surface area contributed by atoms with Gasteiger partial charge >= 0.3 is 0 Å². The number of hydrogen-bond acceptors (Lipinski definition) is 5. The summed E-state index contributed by atoms with van der Waals surface area (Å²) < 4.78 is 31.6. The van der Waals surface area contributed by atoms with Crippen LogP contribution in [0, 0.1) is 21.7 Å². The van der Waals surface area contributed by atoms with Crippen LogP contribution in [0.5, 0.6) is 0 Å². The fraction of sp³-hybridized carbons (Fsp3) is 0.0625. The van der Waals surface area contributed by atoms with Gasteiger partial charge in [0.25, 0.3) is 5.69 Å². The van der Waals surface area contributed by atoms with Gasteiger partial charge in [-0.3, -0.25) is 10.1 Å². The topological polar surface area (TPSA) is 89.4 Å². The van der Waals surface area contributed by atoms with Gasteiger partial charge in [-0.1, -0.05) is 17.3 Å². The van der Waals surface area contributed by atoms with Gasteiger partial charge in [0.1, 0.15) is 5.69 Å². The van der Waals surface area contributed by atoms with Crippen LogP contribution in [-0.2, 0) is 6.61 Å². The molecule has 0 spiro atoms. The van der Waals surface area contributed by atoms with Gasteiger partial charge in [0.2, 0.25) is 0 Å². The van der Waals surface area contributed by atoms with E-state index in [1.165, 1.54) is 24.3 Å². The van der Waals surface area contributed by atoms with Crippen molar-refractivity contribution in [1.29, 1.82) is 0 Å². The van der Waals surface area contributed by atoms with Crippen LogP contribution in [0.4, 0.5) is 14.5 Å². The molecule has 0 saturated heterocycles. The fourth-order valence-electron chi connectivity index (χ4n) is 2.36. The molecule has 0 fully saturated rings. The Morgan fingerprint density at radius 2 is 1.92 bits per heavy atom. The number of aliphatic hydroxyl groups excluding tert-OH is 1. The number of para-hydroxylation sites is 1. The van der Waals surface area contributed by atoms with Crippen LogP contribution in [0.3, 0.4) is 0 Å². The number of nitro benzene ring substituents is 1. The smallest absolute Gasteiger partial charge is 0.278 e. The zero-order valence-corrected chi connectivity index (χ0v) is 12.1. The quantitative estimate of drug-likeness (QED) is 0.581. The third-order valence-corrected chi connectivity index (χ3v) is 3.48. The standard InChI is InChI=1S/C16H10F2N2O4/c17-12-6-5-9(7-13(12)18)16-11(8-21)15(19-24-16)10-3-1-2-4-14(10)20(22)23/h1-7,21H,8H2. The van der Waals surface area contributed by atoms with Crippen LogP contribution in [-0.4, -0.2) is 15.2 Å². The average molecular weight is 332 g/mol. The van der Waals surface area contributed by atoms with E-state index in [2.05, 4.69) is 5.16 Å². The molecule has 122 valence electrons. The summed E-state index contributed by atoms with van der Waals surface area (Å²) in [5.41, 5.74) is 0.330. The highest BCUT2D eigenvalue weighted by molar-refractivity contribution is 5.77. The van der Waals surface area contributed by atoms with E-state index in [9.17, 15) is 24.0 Å². The Labute approximate surface area is 134 Å². The number of hydrogen-bond donors (Lipinski definition) is 1. The molecule has 0 bridgehead atoms. The molecule has 6 nitrogen and oxygen atoms in total. The molecule has 8 heteroatoms. The van der Waals surface area contributed by atoms with E-state index >= 15 is 0 Å². The van der Waals surface area contributed by atoms with Gasteiger partial charge in [-0.15, -0.1) is 0 Å². The third-order valence-electron chi connectivity index (χ3n) is 3.48. The Hall–Kier alpha value is -3.13. The van der Waals surface area contributed by atoms with Crippen molar-refractivity contribution in [2.75, 3.05) is 0 Å². The Bertz CT molecular complexity index is 924. The Kier molecular flexibility index (Phi) is 4.05. The van der Waals surface area contributed by atoms with Crippen molar-refractivity contribution in [2.24, 2.45) is 0 Å². The second-order valence-corrected chi connectivity index (χ2v) is 4.90. The van der Waals surface area contributed by atoms with Gasteiger partial charge in [-0.25, -0.2) is 8.78 Å². The Morgan fingerprint density at radius 3 is 2.58 bits per heavy atom. The first-order valence-electron chi connectivity index (χ1n) is 6.81. The summed E-state index contributed by atoms with van der Waals surface area (Å²) in [5.74, 6) is -2.09. The van der Waals surface area contributed by atoms with Crippen molar-refractivity contribution < 1.29 is 23.3 Å². The minimum atomic E-state index is -1.08. The van der Waals surface area contributed by atoms with Gasteiger partial charge in [0.05, 0.1) is 22.7 Å². The molecular formula is C16H10F2N2O4. The fourth-order valence-corrected chi connectivity index (χ4v) is 2.36. The molecule has 24 heavy (non-hydrogen) atoms. The molecule has 0 unspecified atom stereocenters. The summed E-state index contributed by atoms with van der Waals surface area (Å²) in [6.45, 7) is -0.542. The van der Waals surface area contributed by atoms with Crippen molar-refractivity contribution in [1.82, 2.24) is 5.16 Å². The van der Waals surface area contributed by atoms with Crippen LogP contribution in [0.15, 0.2) is 47.0 Å². The van der Waals surface area contributed by atoms with E-state index < -0.39 is 23.2 Å². The van der Waals surface area contributed by atoms with Gasteiger partial charge < -0.3 is 9.63 Å². The normalized spacial score (nSPS) is 10.8. The molecule has 1 N–H and O–H groups in total. The maximum atomic E-state index is 13.4. The predicted molar refractivity (Wildman–Crippen MR) is 79.9 cm³/mol. The van der Waals surface area contributed by atoms with Crippen LogP contribution < -0.4 is 0 Å². The highest BCUT2D eigenvalue weighted by atomic mass is 19.2. The summed E-state index contributed by atoms with van der Waals surface area (Å²) in [6.07, 6.45) is 0. The van der Waals surface area contributed by atoms with Crippen LogP contribution in [0.1, 0.15) is 5.56 Å². The molecule has 0 atom stereocenters. The minimum Gasteiger partial charge on any atom is -0.391 e. The lowest BCUT2D eigenvalue weighted by Crippen LogP contribution is -1.95. The van der Waals surface area contributed by atoms with Crippen molar-refractivity contribution >= 4 is 5.69 Å². The van der Waals surface area contributed by atoms with Crippen molar-refractivity contribution in [2.45, 2.75) is 6.61 Å². The summed E-state index contributed by atoms with van der Waals surface area (Å²) in [5, 5.41) is 24.5. The zero-order chi connectivity index (χ0) is 17.3. The molecule has 0 aliphatic heterocycles. The van der Waals surface area contributed by atoms with Gasteiger partial charge in [0.15, 0.2) is 17.4 Å². The second-order valence-electron chi connectivity index (χ2n) is 4.90. The molecule has 1 aromatic heterocycles. The molecule has 1 heterocycles. The Morgan fingerprint density at radius 1 is 1.17 bits per heavy atom. The van der Waals surface area contributed by atoms with Gasteiger partial charge in [0, 0.05) is 11.6 Å². The molecular weight excluding hydrogens is 322 g/mol. The lowest BCUT2D eigenvalue weighted by Gasteiger charge is -2.03. The van der Waals surface area contributed by atoms with E-state index in [1.54, 1.807) is 6.07 Å². The summed E-state index contributed by atoms with van der Waals surface area (Å²) in [4.78, 5) is 10.6. The minimum absolute atomic E-state index is 0.0181. The maximum Gasteiger partial charge on any atom is 0.278 e. The highest BCUT2D eigenvalue weighted by Gasteiger charge is 2.24. The number of rotatable bonds is 4. The highest BCUT2D eigenvalue weighted by Crippen LogP contribution is 2.36. The van der Waals surface area contributed by atoms with Gasteiger partial charge in [-0.2, -0.15) is 0 Å². The van der Waals surface area contributed by atoms with Crippen LogP contribution >= 0.6 is 0 Å². The van der Waals surface area contributed by atoms with E-state index in [-0.39, 0.29) is 33.8 Å². The molecule has 2 aromatic carbocycles. The number of benzene rings is 2. The summed E-state index contributed by atoms with van der Waals surface area (Å²) >= 11 is 0. The maximum absolute atomic E-state index is 13.4. The SMILES string of the molecule is O=[N+]([O-])c1ccccc1-c1noc(-c2ccc(F)c(F)c2)c1CO. The number of nitrogens with zero attached hydrogens (tertiary/aromatic N) is 2. The zero-order valence-electron chi connectivity index (χ0n) is 12.1. The van der Waals surface area contributed by atoms with E-state index in [4.69, 9.17) is 4.52 Å². The van der Waals surface area contributed by atoms with E-state index in [0.717, 1.165) is 12.1 Å². The van der Waals surface area contributed by atoms with Crippen LogP contribution in [0.25, 0.3) is 22.6 Å². The lowest BCUT2D eigenvalue weighted by atomic mass is 10.0. The predicted octanol–water partition coefficient (Wildman–Crippen LogP) is 3.69. The van der Waals surface area contributed by atoms with Crippen molar-refractivity contribution in [3.8, 4) is 22.6 Å². The number of aromatic nitrogens is 1. The van der Waals surface area contributed by atoms with Crippen molar-refractivity contribution in [3.05, 3.63) is 69.8 Å². The second kappa shape index (κ2) is 6.17. The third kappa shape index (κ3) is 2.63.